The summed E-state index contributed by atoms with van der Waals surface area (Å²) >= 11 is 5.88. The summed E-state index contributed by atoms with van der Waals surface area (Å²) in [6, 6.07) is 24.3. The van der Waals surface area contributed by atoms with Crippen LogP contribution >= 0.6 is 11.6 Å². The van der Waals surface area contributed by atoms with Crippen LogP contribution in [-0.4, -0.2) is 11.9 Å². The monoisotopic (exact) mass is 389 g/mol. The van der Waals surface area contributed by atoms with Gasteiger partial charge in [0.15, 0.2) is 5.70 Å². The van der Waals surface area contributed by atoms with Crippen molar-refractivity contribution in [3.8, 4) is 5.75 Å². The largest absolute Gasteiger partial charge is 0.489 e. The standard InChI is InChI=1S/C23H16ClNO3/c24-19-10-6-17(7-11-19)15-27-20-12-8-16(9-13-20)14-21-23(26)28-22(25-21)18-4-2-1-3-5-18/h1-14H,15H2/b21-14+. The molecule has 0 atom stereocenters. The van der Waals surface area contributed by atoms with Gasteiger partial charge in [0.2, 0.25) is 5.90 Å². The smallest absolute Gasteiger partial charge is 0.363 e. The van der Waals surface area contributed by atoms with Crippen LogP contribution in [0.2, 0.25) is 5.02 Å². The summed E-state index contributed by atoms with van der Waals surface area (Å²) in [6.45, 7) is 0.453. The van der Waals surface area contributed by atoms with Gasteiger partial charge in [0.25, 0.3) is 0 Å². The Kier molecular flexibility index (Phi) is 5.22. The molecule has 0 bridgehead atoms. The van der Waals surface area contributed by atoms with E-state index in [1.165, 1.54) is 0 Å². The minimum Gasteiger partial charge on any atom is -0.489 e. The number of hydrogen-bond acceptors (Lipinski definition) is 4. The van der Waals surface area contributed by atoms with Crippen molar-refractivity contribution in [2.45, 2.75) is 6.61 Å². The number of halogens is 1. The molecule has 0 spiro atoms. The summed E-state index contributed by atoms with van der Waals surface area (Å²) in [7, 11) is 0. The molecular weight excluding hydrogens is 374 g/mol. The van der Waals surface area contributed by atoms with Crippen LogP contribution in [0.25, 0.3) is 6.08 Å². The van der Waals surface area contributed by atoms with E-state index in [1.807, 2.05) is 78.9 Å². The van der Waals surface area contributed by atoms with Crippen molar-refractivity contribution in [2.75, 3.05) is 0 Å². The summed E-state index contributed by atoms with van der Waals surface area (Å²) in [5.41, 5.74) is 2.91. The van der Waals surface area contributed by atoms with E-state index in [-0.39, 0.29) is 5.70 Å². The molecule has 1 aliphatic rings. The first-order valence-corrected chi connectivity index (χ1v) is 9.10. The van der Waals surface area contributed by atoms with Crippen molar-refractivity contribution >= 4 is 29.5 Å². The maximum absolute atomic E-state index is 12.1. The summed E-state index contributed by atoms with van der Waals surface area (Å²) in [4.78, 5) is 16.4. The summed E-state index contributed by atoms with van der Waals surface area (Å²) in [6.07, 6.45) is 1.70. The average Bonchev–Trinajstić information content (AvgIpc) is 3.10. The van der Waals surface area contributed by atoms with Gasteiger partial charge < -0.3 is 9.47 Å². The quantitative estimate of drug-likeness (QED) is 0.441. The number of carbonyl (C=O) groups excluding carboxylic acids is 1. The fourth-order valence-electron chi connectivity index (χ4n) is 2.68. The zero-order valence-electron chi connectivity index (χ0n) is 14.8. The van der Waals surface area contributed by atoms with E-state index >= 15 is 0 Å². The number of ether oxygens (including phenoxy) is 2. The molecule has 1 heterocycles. The van der Waals surface area contributed by atoms with E-state index in [1.54, 1.807) is 6.08 Å². The first-order valence-electron chi connectivity index (χ1n) is 8.73. The molecule has 1 aliphatic heterocycles. The summed E-state index contributed by atoms with van der Waals surface area (Å²) in [5, 5.41) is 0.699. The number of rotatable bonds is 5. The Labute approximate surface area is 167 Å². The average molecular weight is 390 g/mol. The van der Waals surface area contributed by atoms with Crippen molar-refractivity contribution in [3.63, 3.8) is 0 Å². The van der Waals surface area contributed by atoms with E-state index in [9.17, 15) is 4.79 Å². The van der Waals surface area contributed by atoms with Gasteiger partial charge in [0.1, 0.15) is 12.4 Å². The van der Waals surface area contributed by atoms with E-state index in [0.29, 0.717) is 17.5 Å². The third-order valence-electron chi connectivity index (χ3n) is 4.14. The van der Waals surface area contributed by atoms with Crippen molar-refractivity contribution in [2.24, 2.45) is 4.99 Å². The molecule has 0 aromatic heterocycles. The molecule has 4 rings (SSSR count). The molecule has 0 amide bonds. The lowest BCUT2D eigenvalue weighted by Gasteiger charge is -2.06. The molecule has 28 heavy (non-hydrogen) atoms. The van der Waals surface area contributed by atoms with Gasteiger partial charge >= 0.3 is 5.97 Å². The van der Waals surface area contributed by atoms with Crippen LogP contribution in [0.1, 0.15) is 16.7 Å². The fourth-order valence-corrected chi connectivity index (χ4v) is 2.80. The Bertz CT molecular complexity index is 1040. The molecule has 0 unspecified atom stereocenters. The zero-order chi connectivity index (χ0) is 19.3. The molecule has 3 aromatic rings. The third kappa shape index (κ3) is 4.30. The van der Waals surface area contributed by atoms with Gasteiger partial charge in [0.05, 0.1) is 0 Å². The number of nitrogens with zero attached hydrogens (tertiary/aromatic N) is 1. The molecule has 0 aliphatic carbocycles. The Morgan fingerprint density at radius 2 is 1.64 bits per heavy atom. The van der Waals surface area contributed by atoms with E-state index in [0.717, 1.165) is 22.4 Å². The van der Waals surface area contributed by atoms with Crippen molar-refractivity contribution in [3.05, 3.63) is 106 Å². The molecular formula is C23H16ClNO3. The maximum Gasteiger partial charge on any atom is 0.363 e. The van der Waals surface area contributed by atoms with Crippen molar-refractivity contribution in [1.29, 1.82) is 0 Å². The van der Waals surface area contributed by atoms with Gasteiger partial charge in [-0.05, 0) is 53.6 Å². The van der Waals surface area contributed by atoms with Gasteiger partial charge in [-0.3, -0.25) is 0 Å². The van der Waals surface area contributed by atoms with E-state index in [4.69, 9.17) is 21.1 Å². The lowest BCUT2D eigenvalue weighted by molar-refractivity contribution is -0.129. The van der Waals surface area contributed by atoms with Crippen LogP contribution in [0, 0.1) is 0 Å². The minimum absolute atomic E-state index is 0.272. The normalized spacial score (nSPS) is 14.7. The van der Waals surface area contributed by atoms with Crippen LogP contribution in [-0.2, 0) is 16.1 Å². The van der Waals surface area contributed by atoms with Gasteiger partial charge in [-0.25, -0.2) is 9.79 Å². The van der Waals surface area contributed by atoms with E-state index in [2.05, 4.69) is 4.99 Å². The highest BCUT2D eigenvalue weighted by Gasteiger charge is 2.23. The van der Waals surface area contributed by atoms with Crippen LogP contribution in [0.4, 0.5) is 0 Å². The molecule has 5 heteroatoms. The zero-order valence-corrected chi connectivity index (χ0v) is 15.6. The number of esters is 1. The highest BCUT2D eigenvalue weighted by molar-refractivity contribution is 6.30. The Hall–Kier alpha value is -3.37. The first kappa shape index (κ1) is 18.0. The topological polar surface area (TPSA) is 47.9 Å². The predicted octanol–water partition coefficient (Wildman–Crippen LogP) is 5.26. The second kappa shape index (κ2) is 8.11. The summed E-state index contributed by atoms with van der Waals surface area (Å²) in [5.74, 6) is 0.598. The molecule has 0 saturated carbocycles. The van der Waals surface area contributed by atoms with Crippen molar-refractivity contribution < 1.29 is 14.3 Å². The van der Waals surface area contributed by atoms with Gasteiger partial charge in [-0.1, -0.05) is 54.1 Å². The molecule has 0 fully saturated rings. The molecule has 4 nitrogen and oxygen atoms in total. The second-order valence-electron chi connectivity index (χ2n) is 6.19. The molecule has 0 N–H and O–H groups in total. The number of benzene rings is 3. The molecule has 0 saturated heterocycles. The SMILES string of the molecule is O=C1OC(c2ccccc2)=N/C1=C/c1ccc(OCc2ccc(Cl)cc2)cc1. The summed E-state index contributed by atoms with van der Waals surface area (Å²) < 4.78 is 11.0. The van der Waals surface area contributed by atoms with Crippen LogP contribution < -0.4 is 4.74 Å². The minimum atomic E-state index is -0.457. The van der Waals surface area contributed by atoms with Crippen molar-refractivity contribution in [1.82, 2.24) is 0 Å². The fraction of sp³-hybridized carbons (Fsp3) is 0.0435. The number of carbonyl (C=O) groups is 1. The predicted molar refractivity (Wildman–Crippen MR) is 109 cm³/mol. The van der Waals surface area contributed by atoms with Crippen LogP contribution in [0.15, 0.2) is 89.6 Å². The highest BCUT2D eigenvalue weighted by atomic mass is 35.5. The molecule has 0 radical (unpaired) electrons. The lowest BCUT2D eigenvalue weighted by atomic mass is 10.2. The Morgan fingerprint density at radius 1 is 0.929 bits per heavy atom. The lowest BCUT2D eigenvalue weighted by Crippen LogP contribution is -2.04. The maximum atomic E-state index is 12.1. The second-order valence-corrected chi connectivity index (χ2v) is 6.62. The van der Waals surface area contributed by atoms with Gasteiger partial charge in [-0.15, -0.1) is 0 Å². The third-order valence-corrected chi connectivity index (χ3v) is 4.40. The molecule has 138 valence electrons. The Morgan fingerprint density at radius 3 is 2.36 bits per heavy atom. The highest BCUT2D eigenvalue weighted by Crippen LogP contribution is 2.21. The van der Waals surface area contributed by atoms with Crippen LogP contribution in [0.5, 0.6) is 5.75 Å². The number of hydrogen-bond donors (Lipinski definition) is 0. The van der Waals surface area contributed by atoms with Gasteiger partial charge in [0, 0.05) is 10.6 Å². The van der Waals surface area contributed by atoms with Crippen LogP contribution in [0.3, 0.4) is 0 Å². The first-order chi connectivity index (χ1) is 13.7. The molecule has 3 aromatic carbocycles. The van der Waals surface area contributed by atoms with Gasteiger partial charge in [-0.2, -0.15) is 0 Å². The Balaban J connectivity index is 1.44. The number of aliphatic imine (C=N–C) groups is 1. The van der Waals surface area contributed by atoms with E-state index < -0.39 is 5.97 Å². The number of cyclic esters (lactones) is 1.